The summed E-state index contributed by atoms with van der Waals surface area (Å²) in [7, 11) is 0. The first-order chi connectivity index (χ1) is 10.7. The second-order valence-corrected chi connectivity index (χ2v) is 5.49. The number of nitrogens with one attached hydrogen (secondary N) is 2. The summed E-state index contributed by atoms with van der Waals surface area (Å²) in [5.41, 5.74) is 0. The smallest absolute Gasteiger partial charge is 0.222 e. The maximum atomic E-state index is 11.7. The molecular formula is C16H32N4O2. The van der Waals surface area contributed by atoms with Crippen molar-refractivity contribution in [3.05, 3.63) is 0 Å². The molecule has 1 atom stereocenters. The minimum absolute atomic E-state index is 0.238. The molecule has 1 rings (SSSR count). The van der Waals surface area contributed by atoms with Crippen molar-refractivity contribution in [3.63, 3.8) is 0 Å². The molecule has 1 amide bonds. The van der Waals surface area contributed by atoms with Crippen LogP contribution in [0.3, 0.4) is 0 Å². The van der Waals surface area contributed by atoms with Crippen LogP contribution in [0.25, 0.3) is 0 Å². The summed E-state index contributed by atoms with van der Waals surface area (Å²) in [6.45, 7) is 10.8. The third kappa shape index (κ3) is 7.11. The van der Waals surface area contributed by atoms with Crippen molar-refractivity contribution in [3.8, 4) is 0 Å². The Kier molecular flexibility index (Phi) is 9.62. The first-order valence-corrected chi connectivity index (χ1v) is 8.61. The van der Waals surface area contributed by atoms with Gasteiger partial charge in [-0.15, -0.1) is 0 Å². The van der Waals surface area contributed by atoms with Crippen LogP contribution in [0.2, 0.25) is 0 Å². The number of guanidine groups is 1. The summed E-state index contributed by atoms with van der Waals surface area (Å²) < 4.78 is 5.32. The Morgan fingerprint density at radius 2 is 2.14 bits per heavy atom. The molecule has 0 spiro atoms. The van der Waals surface area contributed by atoms with Crippen LogP contribution in [0.5, 0.6) is 0 Å². The molecule has 1 heterocycles. The topological polar surface area (TPSA) is 66.0 Å². The van der Waals surface area contributed by atoms with Crippen LogP contribution in [0.1, 0.15) is 46.5 Å². The van der Waals surface area contributed by atoms with Crippen molar-refractivity contribution in [2.24, 2.45) is 4.99 Å². The van der Waals surface area contributed by atoms with Gasteiger partial charge in [0.2, 0.25) is 5.91 Å². The Morgan fingerprint density at radius 3 is 2.82 bits per heavy atom. The number of carbonyl (C=O) groups excluding carboxylic acids is 1. The van der Waals surface area contributed by atoms with Crippen LogP contribution >= 0.6 is 0 Å². The lowest BCUT2D eigenvalue weighted by Gasteiger charge is -2.18. The van der Waals surface area contributed by atoms with Gasteiger partial charge in [-0.1, -0.05) is 6.92 Å². The normalized spacial score (nSPS) is 18.6. The molecule has 128 valence electrons. The zero-order chi connectivity index (χ0) is 16.2. The van der Waals surface area contributed by atoms with E-state index in [1.807, 2.05) is 18.7 Å². The Labute approximate surface area is 134 Å². The van der Waals surface area contributed by atoms with E-state index in [0.717, 1.165) is 64.6 Å². The van der Waals surface area contributed by atoms with E-state index < -0.39 is 0 Å². The lowest BCUT2D eigenvalue weighted by molar-refractivity contribution is -0.129. The Morgan fingerprint density at radius 1 is 1.32 bits per heavy atom. The van der Waals surface area contributed by atoms with Crippen molar-refractivity contribution in [2.45, 2.75) is 52.5 Å². The largest absolute Gasteiger partial charge is 0.382 e. The molecule has 0 aliphatic carbocycles. The average molecular weight is 312 g/mol. The zero-order valence-electron chi connectivity index (χ0n) is 14.4. The highest BCUT2D eigenvalue weighted by atomic mass is 16.5. The highest BCUT2D eigenvalue weighted by Crippen LogP contribution is 2.10. The monoisotopic (exact) mass is 312 g/mol. The molecule has 1 unspecified atom stereocenters. The van der Waals surface area contributed by atoms with Gasteiger partial charge in [0, 0.05) is 51.9 Å². The lowest BCUT2D eigenvalue weighted by atomic mass is 10.3. The number of rotatable bonds is 9. The third-order valence-corrected chi connectivity index (χ3v) is 3.70. The second-order valence-electron chi connectivity index (χ2n) is 5.49. The second kappa shape index (κ2) is 11.3. The number of ether oxygens (including phenoxy) is 1. The number of likely N-dealkylation sites (tertiary alicyclic amines) is 1. The van der Waals surface area contributed by atoms with Crippen molar-refractivity contribution >= 4 is 11.9 Å². The van der Waals surface area contributed by atoms with Gasteiger partial charge in [0.1, 0.15) is 0 Å². The van der Waals surface area contributed by atoms with Crippen LogP contribution in [0, 0.1) is 0 Å². The highest BCUT2D eigenvalue weighted by molar-refractivity contribution is 5.80. The average Bonchev–Trinajstić information content (AvgIpc) is 2.98. The summed E-state index contributed by atoms with van der Waals surface area (Å²) in [5, 5.41) is 6.72. The van der Waals surface area contributed by atoms with Crippen molar-refractivity contribution in [1.82, 2.24) is 15.5 Å². The van der Waals surface area contributed by atoms with E-state index in [-0.39, 0.29) is 5.91 Å². The number of aliphatic imine (C=N–C) groups is 1. The van der Waals surface area contributed by atoms with Crippen LogP contribution in [0.15, 0.2) is 4.99 Å². The van der Waals surface area contributed by atoms with Gasteiger partial charge in [-0.05, 0) is 33.1 Å². The van der Waals surface area contributed by atoms with Crippen LogP contribution in [-0.4, -0.2) is 62.2 Å². The molecule has 0 saturated carbocycles. The standard InChI is InChI=1S/C16H32N4O2/c1-4-15(21)20-11-9-14(13-20)19-16(17-5-2)18-10-7-8-12-22-6-3/h14H,4-13H2,1-3H3,(H2,17,18,19). The fraction of sp³-hybridized carbons (Fsp3) is 0.875. The molecule has 0 aromatic heterocycles. The van der Waals surface area contributed by atoms with Gasteiger partial charge < -0.3 is 20.3 Å². The van der Waals surface area contributed by atoms with Crippen molar-refractivity contribution in [2.75, 3.05) is 39.4 Å². The molecule has 1 fully saturated rings. The van der Waals surface area contributed by atoms with Gasteiger partial charge in [-0.2, -0.15) is 0 Å². The lowest BCUT2D eigenvalue weighted by Crippen LogP contribution is -2.45. The van der Waals surface area contributed by atoms with Crippen molar-refractivity contribution < 1.29 is 9.53 Å². The van der Waals surface area contributed by atoms with Gasteiger partial charge in [0.05, 0.1) is 0 Å². The summed E-state index contributed by atoms with van der Waals surface area (Å²) in [5.74, 6) is 1.09. The summed E-state index contributed by atoms with van der Waals surface area (Å²) in [6.07, 6.45) is 3.64. The summed E-state index contributed by atoms with van der Waals surface area (Å²) in [4.78, 5) is 18.2. The van der Waals surface area contributed by atoms with E-state index in [1.54, 1.807) is 0 Å². The quantitative estimate of drug-likeness (QED) is 0.383. The molecule has 22 heavy (non-hydrogen) atoms. The predicted molar refractivity (Wildman–Crippen MR) is 90.1 cm³/mol. The summed E-state index contributed by atoms with van der Waals surface area (Å²) in [6, 6.07) is 0.303. The maximum Gasteiger partial charge on any atom is 0.222 e. The molecular weight excluding hydrogens is 280 g/mol. The minimum atomic E-state index is 0.238. The molecule has 0 aromatic rings. The number of nitrogens with zero attached hydrogens (tertiary/aromatic N) is 2. The van der Waals surface area contributed by atoms with Crippen LogP contribution < -0.4 is 10.6 Å². The maximum absolute atomic E-state index is 11.7. The van der Waals surface area contributed by atoms with Gasteiger partial charge >= 0.3 is 0 Å². The molecule has 1 aliphatic heterocycles. The number of hydrogen-bond acceptors (Lipinski definition) is 3. The van der Waals surface area contributed by atoms with Gasteiger partial charge in [-0.25, -0.2) is 0 Å². The highest BCUT2D eigenvalue weighted by Gasteiger charge is 2.25. The number of unbranched alkanes of at least 4 members (excludes halogenated alkanes) is 1. The zero-order valence-corrected chi connectivity index (χ0v) is 14.4. The molecule has 6 nitrogen and oxygen atoms in total. The predicted octanol–water partition coefficient (Wildman–Crippen LogP) is 1.37. The molecule has 0 radical (unpaired) electrons. The molecule has 6 heteroatoms. The van der Waals surface area contributed by atoms with Gasteiger partial charge in [-0.3, -0.25) is 9.79 Å². The third-order valence-electron chi connectivity index (χ3n) is 3.70. The summed E-state index contributed by atoms with van der Waals surface area (Å²) >= 11 is 0. The van der Waals surface area contributed by atoms with Crippen LogP contribution in [-0.2, 0) is 9.53 Å². The first kappa shape index (κ1) is 18.7. The number of amides is 1. The molecule has 0 aromatic carbocycles. The molecule has 1 saturated heterocycles. The minimum Gasteiger partial charge on any atom is -0.382 e. The molecule has 2 N–H and O–H groups in total. The van der Waals surface area contributed by atoms with E-state index in [0.29, 0.717) is 12.5 Å². The van der Waals surface area contributed by atoms with E-state index in [2.05, 4.69) is 22.5 Å². The number of carbonyl (C=O) groups is 1. The Balaban J connectivity index is 2.32. The SMILES string of the molecule is CCNC(=NCCCCOCC)NC1CCN(C(=O)CC)C1. The van der Waals surface area contributed by atoms with Crippen LogP contribution in [0.4, 0.5) is 0 Å². The Bertz CT molecular complexity index is 347. The Hall–Kier alpha value is -1.30. The van der Waals surface area contributed by atoms with E-state index in [4.69, 9.17) is 4.74 Å². The van der Waals surface area contributed by atoms with Crippen molar-refractivity contribution in [1.29, 1.82) is 0 Å². The number of hydrogen-bond donors (Lipinski definition) is 2. The fourth-order valence-corrected chi connectivity index (χ4v) is 2.49. The molecule has 1 aliphatic rings. The van der Waals surface area contributed by atoms with Gasteiger partial charge in [0.25, 0.3) is 0 Å². The van der Waals surface area contributed by atoms with Gasteiger partial charge in [0.15, 0.2) is 5.96 Å². The van der Waals surface area contributed by atoms with E-state index in [1.165, 1.54) is 0 Å². The first-order valence-electron chi connectivity index (χ1n) is 8.61. The molecule has 0 bridgehead atoms. The fourth-order valence-electron chi connectivity index (χ4n) is 2.49. The van der Waals surface area contributed by atoms with E-state index in [9.17, 15) is 4.79 Å². The van der Waals surface area contributed by atoms with E-state index >= 15 is 0 Å².